The molecule has 0 aromatic heterocycles. The van der Waals surface area contributed by atoms with Gasteiger partial charge in [-0.15, -0.1) is 0 Å². The quantitative estimate of drug-likeness (QED) is 0.561. The molecule has 0 bridgehead atoms. The Kier molecular flexibility index (Phi) is 5.96. The molecule has 138 valence electrons. The molecule has 0 radical (unpaired) electrons. The number of rotatable bonds is 6. The summed E-state index contributed by atoms with van der Waals surface area (Å²) in [6, 6.07) is 0. The van der Waals surface area contributed by atoms with Crippen LogP contribution in [0.2, 0.25) is 0 Å². The van der Waals surface area contributed by atoms with E-state index in [2.05, 4.69) is 20.1 Å². The summed E-state index contributed by atoms with van der Waals surface area (Å²) in [6.45, 7) is 12.2. The second-order valence-corrected chi connectivity index (χ2v) is 8.42. The molecule has 0 amide bonds. The van der Waals surface area contributed by atoms with Crippen LogP contribution < -0.4 is 0 Å². The smallest absolute Gasteiger partial charge is 0.0978 e. The van der Waals surface area contributed by atoms with Gasteiger partial charge in [0.15, 0.2) is 0 Å². The van der Waals surface area contributed by atoms with Crippen LogP contribution in [0.3, 0.4) is 0 Å². The molecule has 0 aromatic rings. The topological polar surface area (TPSA) is 80.9 Å². The summed E-state index contributed by atoms with van der Waals surface area (Å²) in [6.07, 6.45) is 3.69. The molecule has 6 unspecified atom stereocenters. The van der Waals surface area contributed by atoms with E-state index in [4.69, 9.17) is 5.11 Å². The van der Waals surface area contributed by atoms with Gasteiger partial charge in [0.25, 0.3) is 0 Å². The standard InChI is InChI=1S/C20H34O4/c1-13-6-8-17-19(3,10-9-18(24)20(17,4)12-22)15(13)7-5-14(2)16(23)11-21/h15-18,21-24H,1-2,5-12H2,3-4H3. The van der Waals surface area contributed by atoms with Crippen LogP contribution >= 0.6 is 0 Å². The third kappa shape index (κ3) is 3.22. The van der Waals surface area contributed by atoms with Gasteiger partial charge >= 0.3 is 0 Å². The van der Waals surface area contributed by atoms with Crippen LogP contribution in [0, 0.1) is 22.7 Å². The van der Waals surface area contributed by atoms with Crippen LogP contribution in [0.4, 0.5) is 0 Å². The van der Waals surface area contributed by atoms with E-state index < -0.39 is 17.6 Å². The molecular weight excluding hydrogens is 304 g/mol. The van der Waals surface area contributed by atoms with Crippen molar-refractivity contribution in [2.24, 2.45) is 22.7 Å². The van der Waals surface area contributed by atoms with Crippen molar-refractivity contribution >= 4 is 0 Å². The van der Waals surface area contributed by atoms with Gasteiger partial charge in [-0.1, -0.05) is 32.6 Å². The lowest BCUT2D eigenvalue weighted by molar-refractivity contribution is -0.152. The molecule has 2 aliphatic rings. The van der Waals surface area contributed by atoms with Gasteiger partial charge in [-0.05, 0) is 61.3 Å². The van der Waals surface area contributed by atoms with Crippen molar-refractivity contribution in [3.8, 4) is 0 Å². The minimum Gasteiger partial charge on any atom is -0.396 e. The largest absolute Gasteiger partial charge is 0.396 e. The third-order valence-electron chi connectivity index (χ3n) is 7.09. The van der Waals surface area contributed by atoms with Gasteiger partial charge in [0.1, 0.15) is 0 Å². The highest BCUT2D eigenvalue weighted by molar-refractivity contribution is 5.18. The van der Waals surface area contributed by atoms with Crippen molar-refractivity contribution in [3.05, 3.63) is 24.3 Å². The van der Waals surface area contributed by atoms with Crippen LogP contribution in [0.25, 0.3) is 0 Å². The SMILES string of the molecule is C=C(CCC1C(=C)CCC2C(C)(CO)C(O)CCC12C)C(O)CO. The molecule has 0 aromatic carbocycles. The van der Waals surface area contributed by atoms with Crippen molar-refractivity contribution in [2.45, 2.75) is 64.6 Å². The molecule has 4 N–H and O–H groups in total. The molecule has 0 spiro atoms. The Bertz CT molecular complexity index is 488. The summed E-state index contributed by atoms with van der Waals surface area (Å²) < 4.78 is 0. The molecule has 2 fully saturated rings. The van der Waals surface area contributed by atoms with Gasteiger partial charge in [-0.2, -0.15) is 0 Å². The Morgan fingerprint density at radius 3 is 2.54 bits per heavy atom. The molecule has 2 rings (SSSR count). The zero-order valence-corrected chi connectivity index (χ0v) is 15.2. The van der Waals surface area contributed by atoms with E-state index in [0.717, 1.165) is 25.7 Å². The minimum atomic E-state index is -0.860. The highest BCUT2D eigenvalue weighted by Crippen LogP contribution is 2.61. The van der Waals surface area contributed by atoms with Gasteiger partial charge in [0, 0.05) is 5.41 Å². The molecule has 0 aliphatic heterocycles. The molecule has 0 heterocycles. The lowest BCUT2D eigenvalue weighted by Crippen LogP contribution is -2.57. The Morgan fingerprint density at radius 2 is 1.96 bits per heavy atom. The number of fused-ring (bicyclic) bond motifs is 1. The van der Waals surface area contributed by atoms with E-state index in [1.54, 1.807) is 0 Å². The molecule has 2 saturated carbocycles. The fourth-order valence-electron chi connectivity index (χ4n) is 5.36. The predicted octanol–water partition coefficient (Wildman–Crippen LogP) is 2.42. The van der Waals surface area contributed by atoms with Crippen molar-refractivity contribution in [1.29, 1.82) is 0 Å². The first kappa shape index (κ1) is 19.6. The van der Waals surface area contributed by atoms with Gasteiger partial charge in [-0.3, -0.25) is 0 Å². The number of aliphatic hydroxyl groups is 4. The highest BCUT2D eigenvalue weighted by atomic mass is 16.3. The first-order valence-corrected chi connectivity index (χ1v) is 9.14. The maximum atomic E-state index is 10.5. The van der Waals surface area contributed by atoms with E-state index in [0.29, 0.717) is 18.4 Å². The molecule has 6 atom stereocenters. The minimum absolute atomic E-state index is 0.00348. The molecular formula is C20H34O4. The number of allylic oxidation sites excluding steroid dienone is 1. The summed E-state index contributed by atoms with van der Waals surface area (Å²) in [4.78, 5) is 0. The Balaban J connectivity index is 2.21. The Morgan fingerprint density at radius 1 is 1.29 bits per heavy atom. The number of aliphatic hydroxyl groups excluding tert-OH is 4. The van der Waals surface area contributed by atoms with Crippen LogP contribution in [0.1, 0.15) is 52.4 Å². The van der Waals surface area contributed by atoms with Crippen molar-refractivity contribution in [1.82, 2.24) is 0 Å². The summed E-state index contributed by atoms with van der Waals surface area (Å²) in [5.74, 6) is 0.544. The zero-order valence-electron chi connectivity index (χ0n) is 15.2. The van der Waals surface area contributed by atoms with E-state index in [1.165, 1.54) is 5.57 Å². The van der Waals surface area contributed by atoms with Crippen LogP contribution in [0.5, 0.6) is 0 Å². The first-order valence-electron chi connectivity index (χ1n) is 9.14. The molecule has 24 heavy (non-hydrogen) atoms. The van der Waals surface area contributed by atoms with E-state index in [-0.39, 0.29) is 30.5 Å². The fraction of sp³-hybridized carbons (Fsp3) is 0.800. The summed E-state index contributed by atoms with van der Waals surface area (Å²) in [7, 11) is 0. The Labute approximate surface area is 145 Å². The lowest BCUT2D eigenvalue weighted by atomic mass is 9.46. The van der Waals surface area contributed by atoms with Gasteiger partial charge in [-0.25, -0.2) is 0 Å². The molecule has 4 heteroatoms. The van der Waals surface area contributed by atoms with Gasteiger partial charge in [0.2, 0.25) is 0 Å². The molecule has 4 nitrogen and oxygen atoms in total. The average Bonchev–Trinajstić information content (AvgIpc) is 2.56. The number of hydrogen-bond acceptors (Lipinski definition) is 4. The van der Waals surface area contributed by atoms with E-state index >= 15 is 0 Å². The fourth-order valence-corrected chi connectivity index (χ4v) is 5.36. The second kappa shape index (κ2) is 7.28. The maximum absolute atomic E-state index is 10.5. The number of hydrogen-bond donors (Lipinski definition) is 4. The van der Waals surface area contributed by atoms with E-state index in [9.17, 15) is 15.3 Å². The monoisotopic (exact) mass is 338 g/mol. The molecule has 0 saturated heterocycles. The normalized spacial score (nSPS) is 40.9. The third-order valence-corrected chi connectivity index (χ3v) is 7.09. The maximum Gasteiger partial charge on any atom is 0.0978 e. The van der Waals surface area contributed by atoms with Gasteiger partial charge < -0.3 is 20.4 Å². The van der Waals surface area contributed by atoms with Gasteiger partial charge in [0.05, 0.1) is 25.4 Å². The highest BCUT2D eigenvalue weighted by Gasteiger charge is 2.57. The van der Waals surface area contributed by atoms with Crippen LogP contribution in [-0.2, 0) is 0 Å². The second-order valence-electron chi connectivity index (χ2n) is 8.42. The van der Waals surface area contributed by atoms with Crippen molar-refractivity contribution in [2.75, 3.05) is 13.2 Å². The Hall–Kier alpha value is -0.680. The van der Waals surface area contributed by atoms with Crippen LogP contribution in [0.15, 0.2) is 24.3 Å². The van der Waals surface area contributed by atoms with E-state index in [1.807, 2.05) is 6.92 Å². The predicted molar refractivity (Wildman–Crippen MR) is 95.4 cm³/mol. The summed E-state index contributed by atoms with van der Waals surface area (Å²) in [5.41, 5.74) is 1.43. The summed E-state index contributed by atoms with van der Waals surface area (Å²) >= 11 is 0. The zero-order chi connectivity index (χ0) is 18.1. The first-order chi connectivity index (χ1) is 11.2. The lowest BCUT2D eigenvalue weighted by Gasteiger charge is -2.60. The van der Waals surface area contributed by atoms with Crippen LogP contribution in [-0.4, -0.2) is 45.8 Å². The molecule has 2 aliphatic carbocycles. The average molecular weight is 338 g/mol. The van der Waals surface area contributed by atoms with Crippen molar-refractivity contribution < 1.29 is 20.4 Å². The van der Waals surface area contributed by atoms with Crippen molar-refractivity contribution in [3.63, 3.8) is 0 Å². The summed E-state index contributed by atoms with van der Waals surface area (Å²) in [5, 5.41) is 39.3.